The van der Waals surface area contributed by atoms with E-state index in [1.54, 1.807) is 32.9 Å². The lowest BCUT2D eigenvalue weighted by atomic mass is 9.80. The molecule has 0 N–H and O–H groups in total. The second kappa shape index (κ2) is 7.30. The molecule has 1 aliphatic heterocycles. The Kier molecular flexibility index (Phi) is 5.55. The van der Waals surface area contributed by atoms with E-state index in [4.69, 9.17) is 0 Å². The lowest BCUT2D eigenvalue weighted by Crippen LogP contribution is -2.33. The van der Waals surface area contributed by atoms with Crippen LogP contribution in [0.1, 0.15) is 72.7 Å². The Labute approximate surface area is 148 Å². The molecule has 0 spiro atoms. The highest BCUT2D eigenvalue weighted by Gasteiger charge is 2.36. The number of aryl methyl sites for hydroxylation is 1. The number of unbranched alkanes of at least 4 members (excludes halogenated alkanes) is 1. The molecule has 1 aromatic rings. The predicted molar refractivity (Wildman–Crippen MR) is 94.5 cm³/mol. The molecule has 1 aromatic carbocycles. The highest BCUT2D eigenvalue weighted by Crippen LogP contribution is 2.25. The molecular weight excluding hydrogens is 318 g/mol. The average molecular weight is 343 g/mol. The maximum atomic E-state index is 12.4. The topological polar surface area (TPSA) is 71.5 Å². The number of carbonyl (C=O) groups is 4. The van der Waals surface area contributed by atoms with Crippen LogP contribution in [0.25, 0.3) is 0 Å². The van der Waals surface area contributed by atoms with Crippen molar-refractivity contribution in [1.82, 2.24) is 4.90 Å². The monoisotopic (exact) mass is 343 g/mol. The number of rotatable bonds is 8. The standard InChI is InChI=1S/C20H25NO4/c1-5-16(22)20(3,4)17(23)8-6-7-11-21-18(24)14-10-9-13(2)12-15(14)19(21)25/h9-10,12H,5-8,11H2,1-4H3. The van der Waals surface area contributed by atoms with E-state index >= 15 is 0 Å². The SMILES string of the molecule is CCC(=O)C(C)(C)C(=O)CCCCN1C(=O)c2ccc(C)cc2C1=O. The van der Waals surface area contributed by atoms with Crippen LogP contribution in [-0.2, 0) is 9.59 Å². The van der Waals surface area contributed by atoms with Crippen molar-refractivity contribution in [3.63, 3.8) is 0 Å². The molecule has 5 heteroatoms. The highest BCUT2D eigenvalue weighted by molar-refractivity contribution is 6.21. The van der Waals surface area contributed by atoms with E-state index in [1.807, 2.05) is 13.0 Å². The average Bonchev–Trinajstić information content (AvgIpc) is 2.81. The molecule has 0 saturated heterocycles. The minimum absolute atomic E-state index is 0.0618. The number of nitrogens with zero attached hydrogens (tertiary/aromatic N) is 1. The Bertz CT molecular complexity index is 733. The van der Waals surface area contributed by atoms with Crippen molar-refractivity contribution in [2.75, 3.05) is 6.54 Å². The third-order valence-electron chi connectivity index (χ3n) is 4.88. The summed E-state index contributed by atoms with van der Waals surface area (Å²) in [5.41, 5.74) is 0.884. The molecule has 0 unspecified atom stereocenters. The molecule has 0 bridgehead atoms. The van der Waals surface area contributed by atoms with Crippen LogP contribution >= 0.6 is 0 Å². The molecule has 0 fully saturated rings. The third kappa shape index (κ3) is 3.70. The van der Waals surface area contributed by atoms with E-state index in [-0.39, 0.29) is 29.8 Å². The van der Waals surface area contributed by atoms with Crippen LogP contribution in [-0.4, -0.2) is 34.8 Å². The van der Waals surface area contributed by atoms with Gasteiger partial charge in [-0.15, -0.1) is 0 Å². The first-order valence-electron chi connectivity index (χ1n) is 8.73. The van der Waals surface area contributed by atoms with Gasteiger partial charge in [-0.2, -0.15) is 0 Å². The summed E-state index contributed by atoms with van der Waals surface area (Å²) < 4.78 is 0. The summed E-state index contributed by atoms with van der Waals surface area (Å²) in [5, 5.41) is 0. The first-order valence-corrected chi connectivity index (χ1v) is 8.73. The number of hydrogen-bond acceptors (Lipinski definition) is 4. The summed E-state index contributed by atoms with van der Waals surface area (Å²) in [6, 6.07) is 5.24. The van der Waals surface area contributed by atoms with Crippen LogP contribution in [0.4, 0.5) is 0 Å². The first-order chi connectivity index (χ1) is 11.7. The second-order valence-electron chi connectivity index (χ2n) is 7.09. The molecule has 5 nitrogen and oxygen atoms in total. The number of carbonyl (C=O) groups excluding carboxylic acids is 4. The molecule has 0 saturated carbocycles. The largest absolute Gasteiger partial charge is 0.299 e. The molecule has 134 valence electrons. The van der Waals surface area contributed by atoms with Crippen LogP contribution in [0.3, 0.4) is 0 Å². The lowest BCUT2D eigenvalue weighted by Gasteiger charge is -2.21. The van der Waals surface area contributed by atoms with Crippen LogP contribution in [0.15, 0.2) is 18.2 Å². The summed E-state index contributed by atoms with van der Waals surface area (Å²) in [5.74, 6) is -0.685. The van der Waals surface area contributed by atoms with Gasteiger partial charge >= 0.3 is 0 Å². The van der Waals surface area contributed by atoms with Gasteiger partial charge in [-0.05, 0) is 45.7 Å². The Morgan fingerprint density at radius 1 is 1.00 bits per heavy atom. The van der Waals surface area contributed by atoms with Gasteiger partial charge in [0.05, 0.1) is 16.5 Å². The summed E-state index contributed by atoms with van der Waals surface area (Å²) in [7, 11) is 0. The summed E-state index contributed by atoms with van der Waals surface area (Å²) in [4.78, 5) is 50.0. The summed E-state index contributed by atoms with van der Waals surface area (Å²) >= 11 is 0. The number of amides is 2. The number of benzene rings is 1. The fourth-order valence-corrected chi connectivity index (χ4v) is 3.07. The molecule has 1 heterocycles. The Morgan fingerprint density at radius 3 is 2.28 bits per heavy atom. The van der Waals surface area contributed by atoms with E-state index in [1.165, 1.54) is 4.90 Å². The maximum Gasteiger partial charge on any atom is 0.261 e. The van der Waals surface area contributed by atoms with Gasteiger partial charge < -0.3 is 0 Å². The predicted octanol–water partition coefficient (Wildman–Crippen LogP) is 3.34. The normalized spacial score (nSPS) is 14.0. The van der Waals surface area contributed by atoms with Crippen molar-refractivity contribution in [2.45, 2.75) is 53.4 Å². The second-order valence-corrected chi connectivity index (χ2v) is 7.09. The number of imide groups is 1. The van der Waals surface area contributed by atoms with Gasteiger partial charge in [-0.1, -0.05) is 18.6 Å². The lowest BCUT2D eigenvalue weighted by molar-refractivity contribution is -0.138. The van der Waals surface area contributed by atoms with Crippen LogP contribution in [0.5, 0.6) is 0 Å². The van der Waals surface area contributed by atoms with Gasteiger partial charge in [-0.3, -0.25) is 24.1 Å². The molecule has 2 rings (SSSR count). The number of fused-ring (bicyclic) bond motifs is 1. The summed E-state index contributed by atoms with van der Waals surface area (Å²) in [6.45, 7) is 7.25. The Balaban J connectivity index is 1.89. The molecule has 25 heavy (non-hydrogen) atoms. The zero-order chi connectivity index (χ0) is 18.8. The first kappa shape index (κ1) is 19.0. The van der Waals surface area contributed by atoms with Crippen molar-refractivity contribution in [3.8, 4) is 0 Å². The van der Waals surface area contributed by atoms with E-state index in [0.29, 0.717) is 36.9 Å². The minimum atomic E-state index is -0.957. The zero-order valence-corrected chi connectivity index (χ0v) is 15.3. The number of Topliss-reactive ketones (excluding diaryl/α,β-unsaturated/α-hetero) is 2. The molecule has 0 radical (unpaired) electrons. The van der Waals surface area contributed by atoms with Gasteiger partial charge in [-0.25, -0.2) is 0 Å². The molecule has 1 aliphatic rings. The van der Waals surface area contributed by atoms with Crippen molar-refractivity contribution in [1.29, 1.82) is 0 Å². The minimum Gasteiger partial charge on any atom is -0.299 e. The van der Waals surface area contributed by atoms with E-state index in [2.05, 4.69) is 0 Å². The Hall–Kier alpha value is -2.30. The molecule has 0 aliphatic carbocycles. The fraction of sp³-hybridized carbons (Fsp3) is 0.500. The van der Waals surface area contributed by atoms with Gasteiger partial charge in [0.1, 0.15) is 11.6 Å². The highest BCUT2D eigenvalue weighted by atomic mass is 16.2. The fourth-order valence-electron chi connectivity index (χ4n) is 3.07. The zero-order valence-electron chi connectivity index (χ0n) is 15.3. The summed E-state index contributed by atoms with van der Waals surface area (Å²) in [6.07, 6.45) is 1.71. The quantitative estimate of drug-likeness (QED) is 0.412. The third-order valence-corrected chi connectivity index (χ3v) is 4.88. The maximum absolute atomic E-state index is 12.4. The van der Waals surface area contributed by atoms with Crippen molar-refractivity contribution >= 4 is 23.4 Å². The van der Waals surface area contributed by atoms with E-state index in [9.17, 15) is 19.2 Å². The van der Waals surface area contributed by atoms with Crippen LogP contribution in [0.2, 0.25) is 0 Å². The molecule has 0 aromatic heterocycles. The van der Waals surface area contributed by atoms with E-state index in [0.717, 1.165) is 5.56 Å². The van der Waals surface area contributed by atoms with Gasteiger partial charge in [0.25, 0.3) is 11.8 Å². The van der Waals surface area contributed by atoms with Crippen LogP contribution < -0.4 is 0 Å². The van der Waals surface area contributed by atoms with Crippen LogP contribution in [0, 0.1) is 12.3 Å². The van der Waals surface area contributed by atoms with Gasteiger partial charge in [0.2, 0.25) is 0 Å². The molecular formula is C20H25NO4. The van der Waals surface area contributed by atoms with E-state index < -0.39 is 5.41 Å². The van der Waals surface area contributed by atoms with Gasteiger partial charge in [0, 0.05) is 19.4 Å². The smallest absolute Gasteiger partial charge is 0.261 e. The Morgan fingerprint density at radius 2 is 1.64 bits per heavy atom. The molecule has 2 amide bonds. The molecule has 0 atom stereocenters. The van der Waals surface area contributed by atoms with Crippen molar-refractivity contribution < 1.29 is 19.2 Å². The van der Waals surface area contributed by atoms with Gasteiger partial charge in [0.15, 0.2) is 0 Å². The number of hydrogen-bond donors (Lipinski definition) is 0. The van der Waals surface area contributed by atoms with Crippen molar-refractivity contribution in [3.05, 3.63) is 34.9 Å². The van der Waals surface area contributed by atoms with Crippen molar-refractivity contribution in [2.24, 2.45) is 5.41 Å². The number of ketones is 2.